The van der Waals surface area contributed by atoms with E-state index in [1.807, 2.05) is 61.5 Å². The van der Waals surface area contributed by atoms with Crippen LogP contribution in [-0.2, 0) is 4.79 Å². The van der Waals surface area contributed by atoms with E-state index in [2.05, 4.69) is 29.3 Å². The second-order valence-electron chi connectivity index (χ2n) is 7.60. The number of amides is 2. The van der Waals surface area contributed by atoms with E-state index in [9.17, 15) is 9.59 Å². The summed E-state index contributed by atoms with van der Waals surface area (Å²) in [5.41, 5.74) is 6.69. The van der Waals surface area contributed by atoms with Crippen LogP contribution in [0.5, 0.6) is 0 Å². The molecule has 3 aromatic carbocycles. The van der Waals surface area contributed by atoms with Gasteiger partial charge >= 0.3 is 0 Å². The molecule has 6 heteroatoms. The average Bonchev–Trinajstić information content (AvgIpc) is 2.85. The van der Waals surface area contributed by atoms with Crippen molar-refractivity contribution in [1.82, 2.24) is 5.43 Å². The van der Waals surface area contributed by atoms with Gasteiger partial charge in [0.05, 0.1) is 6.21 Å². The lowest BCUT2D eigenvalue weighted by molar-refractivity contribution is -0.119. The number of nitrogens with one attached hydrogen (secondary N) is 1. The van der Waals surface area contributed by atoms with Crippen LogP contribution in [0.3, 0.4) is 0 Å². The van der Waals surface area contributed by atoms with Gasteiger partial charge in [-0.25, -0.2) is 5.43 Å². The Morgan fingerprint density at radius 3 is 2.15 bits per heavy atom. The van der Waals surface area contributed by atoms with Crippen molar-refractivity contribution >= 4 is 29.4 Å². The molecule has 6 nitrogen and oxygen atoms in total. The highest BCUT2D eigenvalue weighted by atomic mass is 16.2. The summed E-state index contributed by atoms with van der Waals surface area (Å²) in [5.74, 6) is -0.616. The van der Waals surface area contributed by atoms with Gasteiger partial charge in [0.1, 0.15) is 6.54 Å². The molecule has 0 unspecified atom stereocenters. The maximum absolute atomic E-state index is 13.2. The molecule has 0 radical (unpaired) electrons. The highest BCUT2D eigenvalue weighted by molar-refractivity contribution is 6.09. The van der Waals surface area contributed by atoms with E-state index in [1.54, 1.807) is 30.5 Å². The summed E-state index contributed by atoms with van der Waals surface area (Å²) in [7, 11) is 0. The highest BCUT2D eigenvalue weighted by Crippen LogP contribution is 2.21. The molecule has 170 valence electrons. The van der Waals surface area contributed by atoms with E-state index in [0.29, 0.717) is 11.3 Å². The van der Waals surface area contributed by atoms with E-state index in [4.69, 9.17) is 0 Å². The smallest absolute Gasteiger partial charge is 0.260 e. The van der Waals surface area contributed by atoms with Crippen LogP contribution >= 0.6 is 0 Å². The summed E-state index contributed by atoms with van der Waals surface area (Å²) in [6, 6.07) is 24.4. The minimum Gasteiger partial charge on any atom is -0.372 e. The van der Waals surface area contributed by atoms with Crippen LogP contribution < -0.4 is 15.2 Å². The van der Waals surface area contributed by atoms with Crippen LogP contribution in [0, 0.1) is 6.92 Å². The third-order valence-corrected chi connectivity index (χ3v) is 5.40. The molecule has 0 atom stereocenters. The number of hydrogen-bond acceptors (Lipinski definition) is 4. The minimum atomic E-state index is -0.376. The molecule has 0 heterocycles. The van der Waals surface area contributed by atoms with Gasteiger partial charge in [0, 0.05) is 30.0 Å². The number of anilines is 2. The summed E-state index contributed by atoms with van der Waals surface area (Å²) in [5, 5.41) is 4.08. The molecule has 0 aromatic heterocycles. The first-order chi connectivity index (χ1) is 16.0. The Bertz CT molecular complexity index is 1090. The summed E-state index contributed by atoms with van der Waals surface area (Å²) < 4.78 is 0. The standard InChI is InChI=1S/C27H30N4O2/c1-4-30(5-2)24-17-15-22(16-18-24)19-28-29-26(32)20-31(25-14-10-9-11-21(25)3)27(33)23-12-7-6-8-13-23/h6-19H,4-5,20H2,1-3H3,(H,29,32)/b28-19+. The van der Waals surface area contributed by atoms with Crippen molar-refractivity contribution in [1.29, 1.82) is 0 Å². The normalized spacial score (nSPS) is 10.8. The van der Waals surface area contributed by atoms with E-state index in [0.717, 1.165) is 29.9 Å². The molecular formula is C27H30N4O2. The molecule has 0 saturated heterocycles. The van der Waals surface area contributed by atoms with Crippen molar-refractivity contribution in [3.8, 4) is 0 Å². The lowest BCUT2D eigenvalue weighted by Gasteiger charge is -2.23. The molecule has 0 spiro atoms. The van der Waals surface area contributed by atoms with E-state index in [-0.39, 0.29) is 18.4 Å². The van der Waals surface area contributed by atoms with E-state index in [1.165, 1.54) is 4.90 Å². The predicted octanol–water partition coefficient (Wildman–Crippen LogP) is 4.64. The number of aryl methyl sites for hydroxylation is 1. The monoisotopic (exact) mass is 442 g/mol. The van der Waals surface area contributed by atoms with Crippen molar-refractivity contribution < 1.29 is 9.59 Å². The van der Waals surface area contributed by atoms with Crippen LogP contribution in [0.25, 0.3) is 0 Å². The molecule has 0 saturated carbocycles. The molecule has 2 amide bonds. The quantitative estimate of drug-likeness (QED) is 0.388. The molecular weight excluding hydrogens is 412 g/mol. The van der Waals surface area contributed by atoms with Crippen LogP contribution in [0.2, 0.25) is 0 Å². The summed E-state index contributed by atoms with van der Waals surface area (Å²) in [6.07, 6.45) is 1.60. The van der Waals surface area contributed by atoms with Crippen molar-refractivity contribution in [3.63, 3.8) is 0 Å². The predicted molar refractivity (Wildman–Crippen MR) is 135 cm³/mol. The molecule has 0 aliphatic carbocycles. The number of carbonyl (C=O) groups excluding carboxylic acids is 2. The summed E-state index contributed by atoms with van der Waals surface area (Å²) >= 11 is 0. The number of hydrazone groups is 1. The third-order valence-electron chi connectivity index (χ3n) is 5.40. The zero-order valence-electron chi connectivity index (χ0n) is 19.4. The molecule has 0 fully saturated rings. The van der Waals surface area contributed by atoms with Crippen LogP contribution in [0.15, 0.2) is 84.0 Å². The first-order valence-electron chi connectivity index (χ1n) is 11.1. The van der Waals surface area contributed by atoms with E-state index >= 15 is 0 Å². The molecule has 33 heavy (non-hydrogen) atoms. The second kappa shape index (κ2) is 11.6. The van der Waals surface area contributed by atoms with Crippen LogP contribution in [0.1, 0.15) is 35.3 Å². The topological polar surface area (TPSA) is 65.0 Å². The first kappa shape index (κ1) is 23.7. The Balaban J connectivity index is 1.70. The SMILES string of the molecule is CCN(CC)c1ccc(/C=N/NC(=O)CN(C(=O)c2ccccc2)c2ccccc2C)cc1. The lowest BCUT2D eigenvalue weighted by atomic mass is 10.1. The Kier molecular flexibility index (Phi) is 8.36. The number of rotatable bonds is 9. The Hall–Kier alpha value is -3.93. The van der Waals surface area contributed by atoms with Crippen LogP contribution in [-0.4, -0.2) is 37.7 Å². The highest BCUT2D eigenvalue weighted by Gasteiger charge is 2.21. The number of hydrogen-bond donors (Lipinski definition) is 1. The van der Waals surface area contributed by atoms with Gasteiger partial charge in [-0.1, -0.05) is 48.5 Å². The number of benzene rings is 3. The third kappa shape index (κ3) is 6.29. The number of para-hydroxylation sites is 1. The fourth-order valence-corrected chi connectivity index (χ4v) is 3.59. The first-order valence-corrected chi connectivity index (χ1v) is 11.1. The van der Waals surface area contributed by atoms with Gasteiger partial charge in [-0.15, -0.1) is 0 Å². The van der Waals surface area contributed by atoms with Gasteiger partial charge in [0.15, 0.2) is 0 Å². The lowest BCUT2D eigenvalue weighted by Crippen LogP contribution is -2.40. The van der Waals surface area contributed by atoms with Crippen molar-refractivity contribution in [2.24, 2.45) is 5.10 Å². The van der Waals surface area contributed by atoms with Crippen molar-refractivity contribution in [3.05, 3.63) is 95.6 Å². The van der Waals surface area contributed by atoms with Crippen molar-refractivity contribution in [2.45, 2.75) is 20.8 Å². The van der Waals surface area contributed by atoms with Gasteiger partial charge in [-0.2, -0.15) is 5.10 Å². The van der Waals surface area contributed by atoms with Crippen LogP contribution in [0.4, 0.5) is 11.4 Å². The Morgan fingerprint density at radius 1 is 0.879 bits per heavy atom. The maximum Gasteiger partial charge on any atom is 0.260 e. The van der Waals surface area contributed by atoms with Gasteiger partial charge in [-0.3, -0.25) is 14.5 Å². The van der Waals surface area contributed by atoms with Crippen molar-refractivity contribution in [2.75, 3.05) is 29.4 Å². The molecule has 3 aromatic rings. The van der Waals surface area contributed by atoms with Gasteiger partial charge in [-0.05, 0) is 62.2 Å². The second-order valence-corrected chi connectivity index (χ2v) is 7.60. The molecule has 0 aliphatic heterocycles. The molecule has 0 aliphatic rings. The Morgan fingerprint density at radius 2 is 1.52 bits per heavy atom. The summed E-state index contributed by atoms with van der Waals surface area (Å²) in [4.78, 5) is 29.6. The fraction of sp³-hybridized carbons (Fsp3) is 0.222. The molecule has 0 bridgehead atoms. The largest absolute Gasteiger partial charge is 0.372 e. The zero-order chi connectivity index (χ0) is 23.6. The van der Waals surface area contributed by atoms with Gasteiger partial charge < -0.3 is 4.90 Å². The molecule has 3 rings (SSSR count). The molecule has 1 N–H and O–H groups in total. The minimum absolute atomic E-state index is 0.142. The van der Waals surface area contributed by atoms with E-state index < -0.39 is 0 Å². The average molecular weight is 443 g/mol. The number of nitrogens with zero attached hydrogens (tertiary/aromatic N) is 3. The van der Waals surface area contributed by atoms with Gasteiger partial charge in [0.25, 0.3) is 11.8 Å². The fourth-order valence-electron chi connectivity index (χ4n) is 3.59. The van der Waals surface area contributed by atoms with Gasteiger partial charge in [0.2, 0.25) is 0 Å². The zero-order valence-corrected chi connectivity index (χ0v) is 19.4. The Labute approximate surface area is 195 Å². The summed E-state index contributed by atoms with van der Waals surface area (Å²) in [6.45, 7) is 7.90. The maximum atomic E-state index is 13.2. The number of carbonyl (C=O) groups is 2.